The topological polar surface area (TPSA) is 36.9 Å². The average Bonchev–Trinajstić information content (AvgIpc) is 3.29. The van der Waals surface area contributed by atoms with Crippen molar-refractivity contribution in [3.8, 4) is 23.0 Å². The maximum absolute atomic E-state index is 7.51. The van der Waals surface area contributed by atoms with Gasteiger partial charge in [-0.1, -0.05) is 0 Å². The SMILES string of the molecule is CC1=C(C)C(C)=[C]([Zr]([O]c2ccccc2OC(C)(C)C)([O]c2ccccc2OC(C)(C)C)[C]2=C(C)C(C)=C(C)C2)C1. The van der Waals surface area contributed by atoms with Gasteiger partial charge in [0, 0.05) is 0 Å². The average molecular weight is 636 g/mol. The number of hydrogen-bond donors (Lipinski definition) is 0. The number of rotatable bonds is 8. The fourth-order valence-electron chi connectivity index (χ4n) is 5.54. The Morgan fingerprint density at radius 1 is 0.488 bits per heavy atom. The third-order valence-electron chi connectivity index (χ3n) is 8.03. The van der Waals surface area contributed by atoms with Gasteiger partial charge in [0.1, 0.15) is 0 Å². The molecule has 0 radical (unpaired) electrons. The number of ether oxygens (including phenoxy) is 2. The van der Waals surface area contributed by atoms with Crippen molar-refractivity contribution in [3.05, 3.63) is 88.5 Å². The quantitative estimate of drug-likeness (QED) is 0.289. The van der Waals surface area contributed by atoms with E-state index >= 15 is 0 Å². The van der Waals surface area contributed by atoms with Crippen molar-refractivity contribution >= 4 is 0 Å². The number of allylic oxidation sites excluding steroid dienone is 8. The van der Waals surface area contributed by atoms with Crippen LogP contribution in [-0.2, 0) is 21.1 Å². The van der Waals surface area contributed by atoms with E-state index in [0.717, 1.165) is 35.8 Å². The first-order valence-corrected chi connectivity index (χ1v) is 19.2. The van der Waals surface area contributed by atoms with Crippen molar-refractivity contribution in [2.24, 2.45) is 0 Å². The Morgan fingerprint density at radius 3 is 1.07 bits per heavy atom. The van der Waals surface area contributed by atoms with Gasteiger partial charge in [0.2, 0.25) is 0 Å². The molecule has 0 spiro atoms. The normalized spacial score (nSPS) is 16.7. The Morgan fingerprint density at radius 2 is 0.805 bits per heavy atom. The van der Waals surface area contributed by atoms with Crippen LogP contribution in [0.15, 0.2) is 88.5 Å². The van der Waals surface area contributed by atoms with E-state index in [2.05, 4.69) is 83.1 Å². The van der Waals surface area contributed by atoms with E-state index in [-0.39, 0.29) is 11.2 Å². The molecule has 5 heteroatoms. The Kier molecular flexibility index (Phi) is 8.92. The second kappa shape index (κ2) is 11.6. The van der Waals surface area contributed by atoms with Crippen molar-refractivity contribution in [2.45, 2.75) is 107 Å². The van der Waals surface area contributed by atoms with Gasteiger partial charge in [0.05, 0.1) is 0 Å². The summed E-state index contributed by atoms with van der Waals surface area (Å²) in [6, 6.07) is 16.1. The molecule has 41 heavy (non-hydrogen) atoms. The van der Waals surface area contributed by atoms with Crippen LogP contribution in [0.4, 0.5) is 0 Å². The van der Waals surface area contributed by atoms with Crippen molar-refractivity contribution in [1.29, 1.82) is 0 Å². The second-order valence-corrected chi connectivity index (χ2v) is 20.5. The number of para-hydroxylation sites is 4. The van der Waals surface area contributed by atoms with Gasteiger partial charge in [0.25, 0.3) is 0 Å². The Bertz CT molecular complexity index is 1350. The molecule has 0 N–H and O–H groups in total. The molecule has 0 bridgehead atoms. The molecular formula is C36H48O4Zr. The van der Waals surface area contributed by atoms with Crippen LogP contribution < -0.4 is 15.1 Å². The zero-order valence-electron chi connectivity index (χ0n) is 27.2. The molecule has 0 heterocycles. The summed E-state index contributed by atoms with van der Waals surface area (Å²) in [5.74, 6) is 2.94. The molecule has 0 fully saturated rings. The van der Waals surface area contributed by atoms with Crippen LogP contribution in [-0.4, -0.2) is 11.2 Å². The van der Waals surface area contributed by atoms with Gasteiger partial charge in [-0.3, -0.25) is 0 Å². The van der Waals surface area contributed by atoms with Gasteiger partial charge < -0.3 is 0 Å². The molecule has 0 saturated carbocycles. The van der Waals surface area contributed by atoms with Crippen molar-refractivity contribution in [2.75, 3.05) is 0 Å². The molecule has 4 rings (SSSR count). The third kappa shape index (κ3) is 6.77. The molecule has 0 aromatic heterocycles. The predicted molar refractivity (Wildman–Crippen MR) is 166 cm³/mol. The maximum atomic E-state index is 7.51. The molecule has 0 amide bonds. The second-order valence-electron chi connectivity index (χ2n) is 13.5. The molecule has 2 aliphatic rings. The summed E-state index contributed by atoms with van der Waals surface area (Å²) in [7, 11) is 0. The molecule has 4 nitrogen and oxygen atoms in total. The summed E-state index contributed by atoms with van der Waals surface area (Å²) in [6.07, 6.45) is 1.71. The summed E-state index contributed by atoms with van der Waals surface area (Å²) in [5, 5.41) is 0. The van der Waals surface area contributed by atoms with Crippen LogP contribution in [0.1, 0.15) is 95.9 Å². The van der Waals surface area contributed by atoms with Crippen molar-refractivity contribution < 1.29 is 36.2 Å². The van der Waals surface area contributed by atoms with Crippen molar-refractivity contribution in [1.82, 2.24) is 0 Å². The fourth-order valence-corrected chi connectivity index (χ4v) is 15.9. The summed E-state index contributed by atoms with van der Waals surface area (Å²) in [5.41, 5.74) is 7.27. The van der Waals surface area contributed by atoms with Crippen LogP contribution in [0, 0.1) is 0 Å². The molecular weight excluding hydrogens is 588 g/mol. The van der Waals surface area contributed by atoms with E-state index in [1.165, 1.54) is 40.0 Å². The molecule has 0 aliphatic heterocycles. The van der Waals surface area contributed by atoms with Crippen LogP contribution in [0.2, 0.25) is 0 Å². The first kappa shape index (κ1) is 31.4. The Balaban J connectivity index is 2.01. The third-order valence-corrected chi connectivity index (χ3v) is 17.1. The Labute approximate surface area is 253 Å². The summed E-state index contributed by atoms with van der Waals surface area (Å²) in [4.78, 5) is 0. The van der Waals surface area contributed by atoms with Gasteiger partial charge >= 0.3 is 255 Å². The van der Waals surface area contributed by atoms with Gasteiger partial charge in [-0.05, 0) is 0 Å². The van der Waals surface area contributed by atoms with E-state index < -0.39 is 21.1 Å². The fraction of sp³-hybridized carbons (Fsp3) is 0.444. The molecule has 2 aromatic carbocycles. The van der Waals surface area contributed by atoms with E-state index in [0.29, 0.717) is 0 Å². The zero-order chi connectivity index (χ0) is 30.3. The van der Waals surface area contributed by atoms with Gasteiger partial charge in [-0.2, -0.15) is 0 Å². The minimum absolute atomic E-state index is 0.375. The standard InChI is InChI=1S/2C10H14O2.2C8H11.Zr/c2*1-10(2,3)12-9-7-5-4-6-8(9)11;2*1-6-4-5-7(2)8(6)3;/h2*4-7,11H,1-3H3;2*4H2,1-3H3;/q;;;;+2/p-2. The van der Waals surface area contributed by atoms with Crippen LogP contribution in [0.25, 0.3) is 0 Å². The van der Waals surface area contributed by atoms with Crippen LogP contribution in [0.5, 0.6) is 23.0 Å². The van der Waals surface area contributed by atoms with Crippen LogP contribution in [0.3, 0.4) is 0 Å². The van der Waals surface area contributed by atoms with E-state index in [4.69, 9.17) is 15.1 Å². The van der Waals surface area contributed by atoms with Gasteiger partial charge in [0.15, 0.2) is 0 Å². The number of benzene rings is 2. The zero-order valence-corrected chi connectivity index (χ0v) is 29.6. The van der Waals surface area contributed by atoms with Crippen molar-refractivity contribution in [3.63, 3.8) is 0 Å². The Hall–Kier alpha value is -2.52. The van der Waals surface area contributed by atoms with Crippen LogP contribution >= 0.6 is 0 Å². The van der Waals surface area contributed by atoms with Gasteiger partial charge in [-0.15, -0.1) is 0 Å². The summed E-state index contributed by atoms with van der Waals surface area (Å²) >= 11 is -4.52. The molecule has 0 unspecified atom stereocenters. The predicted octanol–water partition coefficient (Wildman–Crippen LogP) is 10.5. The number of hydrogen-bond acceptors (Lipinski definition) is 4. The molecule has 0 atom stereocenters. The van der Waals surface area contributed by atoms with E-state index in [1.807, 2.05) is 48.5 Å². The first-order valence-electron chi connectivity index (χ1n) is 14.7. The monoisotopic (exact) mass is 634 g/mol. The van der Waals surface area contributed by atoms with E-state index in [1.54, 1.807) is 0 Å². The van der Waals surface area contributed by atoms with E-state index in [9.17, 15) is 0 Å². The summed E-state index contributed by atoms with van der Waals surface area (Å²) in [6.45, 7) is 25.8. The first-order chi connectivity index (χ1) is 19.0. The van der Waals surface area contributed by atoms with Gasteiger partial charge in [-0.25, -0.2) is 0 Å². The molecule has 0 saturated heterocycles. The minimum atomic E-state index is -4.52. The molecule has 2 aromatic rings. The summed E-state index contributed by atoms with van der Waals surface area (Å²) < 4.78 is 30.6. The molecule has 2 aliphatic carbocycles. The molecule has 220 valence electrons.